The Bertz CT molecular complexity index is 2960. The zero-order valence-corrected chi connectivity index (χ0v) is 24.8. The zero-order valence-electron chi connectivity index (χ0n) is 31.8. The minimum atomic E-state index is -0.387. The van der Waals surface area contributed by atoms with E-state index in [4.69, 9.17) is 2.74 Å². The average Bonchev–Trinajstić information content (AvgIpc) is 3.20. The highest BCUT2D eigenvalue weighted by Crippen LogP contribution is 2.47. The number of hydrogen-bond donors (Lipinski definition) is 0. The van der Waals surface area contributed by atoms with Crippen LogP contribution in [0.2, 0.25) is 0 Å². The standard InChI is InChI=1S/C46H30/c1-2-13-31(14-3-1)34-27-28-43-44(30-34)46(40-26-12-18-33-16-5-7-22-38(33)40)42-24-9-8-23-41(42)45(43)36-20-10-19-35(29-36)39-25-11-17-32-15-4-6-21-37(32)39/h1-30H/i8D,9D,23D,24D,27D,28D,30D. The Morgan fingerprint density at radius 2 is 0.870 bits per heavy atom. The van der Waals surface area contributed by atoms with Crippen molar-refractivity contribution in [3.8, 4) is 44.5 Å². The van der Waals surface area contributed by atoms with Crippen LogP contribution in [0.5, 0.6) is 0 Å². The van der Waals surface area contributed by atoms with Gasteiger partial charge >= 0.3 is 0 Å². The summed E-state index contributed by atoms with van der Waals surface area (Å²) in [5.74, 6) is 0. The Kier molecular flexibility index (Phi) is 4.76. The Labute approximate surface area is 278 Å². The predicted octanol–water partition coefficient (Wildman–Crippen LogP) is 13.0. The lowest BCUT2D eigenvalue weighted by Crippen LogP contribution is -1.93. The molecule has 0 saturated carbocycles. The van der Waals surface area contributed by atoms with Crippen LogP contribution in [0.15, 0.2) is 182 Å². The highest BCUT2D eigenvalue weighted by molar-refractivity contribution is 6.24. The van der Waals surface area contributed by atoms with Crippen molar-refractivity contribution in [2.45, 2.75) is 0 Å². The molecule has 0 heterocycles. The molecule has 46 heavy (non-hydrogen) atoms. The van der Waals surface area contributed by atoms with E-state index in [-0.39, 0.29) is 53.1 Å². The Balaban J connectivity index is 1.54. The molecule has 0 unspecified atom stereocenters. The molecule has 0 aliphatic heterocycles. The van der Waals surface area contributed by atoms with Crippen LogP contribution in [0.1, 0.15) is 9.60 Å². The maximum atomic E-state index is 9.94. The van der Waals surface area contributed by atoms with Gasteiger partial charge in [0.1, 0.15) is 0 Å². The van der Waals surface area contributed by atoms with E-state index in [1.54, 1.807) is 0 Å². The summed E-state index contributed by atoms with van der Waals surface area (Å²) in [4.78, 5) is 0. The molecule has 9 rings (SSSR count). The molecule has 0 aromatic heterocycles. The van der Waals surface area contributed by atoms with Crippen molar-refractivity contribution in [1.82, 2.24) is 0 Å². The van der Waals surface area contributed by atoms with E-state index in [1.807, 2.05) is 115 Å². The SMILES string of the molecule is [2H]c1c([2H])c([2H])c2c(-c3cccc4ccccc34)c3c([2H])c(-c4ccccc4)c([2H])c([2H])c3c(-c3cccc(-c4cccc5ccccc45)c3)c2c1[2H]. The van der Waals surface area contributed by atoms with Gasteiger partial charge in [-0.05, 0) is 99.7 Å². The summed E-state index contributed by atoms with van der Waals surface area (Å²) in [7, 11) is 0. The highest BCUT2D eigenvalue weighted by atomic mass is 14.2. The topological polar surface area (TPSA) is 0 Å². The molecule has 0 aliphatic rings. The molecule has 9 aromatic carbocycles. The molecule has 0 atom stereocenters. The second-order valence-electron chi connectivity index (χ2n) is 11.5. The van der Waals surface area contributed by atoms with Gasteiger partial charge in [0.25, 0.3) is 0 Å². The number of hydrogen-bond acceptors (Lipinski definition) is 0. The molecule has 0 nitrogen and oxygen atoms in total. The van der Waals surface area contributed by atoms with E-state index in [0.29, 0.717) is 44.2 Å². The van der Waals surface area contributed by atoms with E-state index in [1.165, 1.54) is 0 Å². The summed E-state index contributed by atoms with van der Waals surface area (Å²) in [6.07, 6.45) is 0. The quantitative estimate of drug-likeness (QED) is 0.179. The van der Waals surface area contributed by atoms with Crippen molar-refractivity contribution >= 4 is 43.1 Å². The smallest absolute Gasteiger partial charge is 0.0622 e. The van der Waals surface area contributed by atoms with Gasteiger partial charge in [0, 0.05) is 0 Å². The van der Waals surface area contributed by atoms with Gasteiger partial charge in [0.05, 0.1) is 9.60 Å². The van der Waals surface area contributed by atoms with Crippen molar-refractivity contribution < 1.29 is 9.60 Å². The maximum absolute atomic E-state index is 9.94. The zero-order chi connectivity index (χ0) is 36.5. The number of benzene rings is 9. The van der Waals surface area contributed by atoms with Crippen molar-refractivity contribution in [1.29, 1.82) is 0 Å². The summed E-state index contributed by atoms with van der Waals surface area (Å²) >= 11 is 0. The van der Waals surface area contributed by atoms with Crippen LogP contribution >= 0.6 is 0 Å². The second kappa shape index (κ2) is 10.9. The van der Waals surface area contributed by atoms with Crippen LogP contribution in [0.25, 0.3) is 87.6 Å². The van der Waals surface area contributed by atoms with Crippen LogP contribution in [-0.2, 0) is 0 Å². The molecule has 0 aliphatic carbocycles. The second-order valence-corrected chi connectivity index (χ2v) is 11.5. The lowest BCUT2D eigenvalue weighted by molar-refractivity contribution is 1.62. The van der Waals surface area contributed by atoms with Crippen LogP contribution in [0.3, 0.4) is 0 Å². The molecular weight excluding hydrogens is 553 g/mol. The minimum Gasteiger partial charge on any atom is -0.0622 e. The summed E-state index contributed by atoms with van der Waals surface area (Å²) in [6.45, 7) is 0. The lowest BCUT2D eigenvalue weighted by Gasteiger charge is -2.20. The molecule has 0 radical (unpaired) electrons. The normalized spacial score (nSPS) is 13.6. The molecule has 0 saturated heterocycles. The Morgan fingerprint density at radius 1 is 0.326 bits per heavy atom. The van der Waals surface area contributed by atoms with E-state index in [2.05, 4.69) is 24.3 Å². The predicted molar refractivity (Wildman–Crippen MR) is 198 cm³/mol. The van der Waals surface area contributed by atoms with E-state index >= 15 is 0 Å². The van der Waals surface area contributed by atoms with Gasteiger partial charge < -0.3 is 0 Å². The van der Waals surface area contributed by atoms with Crippen molar-refractivity contribution in [2.75, 3.05) is 0 Å². The molecule has 0 fully saturated rings. The van der Waals surface area contributed by atoms with Crippen LogP contribution in [0, 0.1) is 0 Å². The third kappa shape index (κ3) is 4.30. The molecular formula is C46H30. The fourth-order valence-electron chi connectivity index (χ4n) is 6.79. The van der Waals surface area contributed by atoms with Crippen molar-refractivity contribution in [2.24, 2.45) is 0 Å². The highest BCUT2D eigenvalue weighted by Gasteiger charge is 2.19. The van der Waals surface area contributed by atoms with E-state index in [9.17, 15) is 6.85 Å². The fraction of sp³-hybridized carbons (Fsp3) is 0. The molecule has 0 bridgehead atoms. The average molecular weight is 590 g/mol. The largest absolute Gasteiger partial charge is 0.0636 e. The van der Waals surface area contributed by atoms with Crippen LogP contribution in [-0.4, -0.2) is 0 Å². The van der Waals surface area contributed by atoms with Gasteiger partial charge in [-0.2, -0.15) is 0 Å². The molecule has 0 spiro atoms. The first-order valence-electron chi connectivity index (χ1n) is 18.9. The summed E-state index contributed by atoms with van der Waals surface area (Å²) < 4.78 is 65.8. The first-order valence-corrected chi connectivity index (χ1v) is 15.4. The first-order chi connectivity index (χ1) is 25.8. The van der Waals surface area contributed by atoms with E-state index < -0.39 is 0 Å². The van der Waals surface area contributed by atoms with Crippen LogP contribution < -0.4 is 0 Å². The van der Waals surface area contributed by atoms with Crippen molar-refractivity contribution in [3.63, 3.8) is 0 Å². The first kappa shape index (κ1) is 20.1. The number of fused-ring (bicyclic) bond motifs is 4. The summed E-state index contributed by atoms with van der Waals surface area (Å²) in [5.41, 5.74) is 4.96. The van der Waals surface area contributed by atoms with E-state index in [0.717, 1.165) is 32.7 Å². The Morgan fingerprint density at radius 3 is 1.63 bits per heavy atom. The minimum absolute atomic E-state index is 0.0240. The van der Waals surface area contributed by atoms with Gasteiger partial charge in [-0.3, -0.25) is 0 Å². The van der Waals surface area contributed by atoms with Gasteiger partial charge in [0.2, 0.25) is 0 Å². The maximum Gasteiger partial charge on any atom is 0.0636 e. The van der Waals surface area contributed by atoms with Gasteiger partial charge in [-0.25, -0.2) is 0 Å². The molecule has 0 heteroatoms. The molecule has 0 N–H and O–H groups in total. The summed E-state index contributed by atoms with van der Waals surface area (Å²) in [6, 6.07) is 43.5. The van der Waals surface area contributed by atoms with Crippen LogP contribution in [0.4, 0.5) is 0 Å². The third-order valence-electron chi connectivity index (χ3n) is 8.87. The molecule has 0 amide bonds. The Hall–Kier alpha value is -5.98. The van der Waals surface area contributed by atoms with Gasteiger partial charge in [-0.15, -0.1) is 0 Å². The summed E-state index contributed by atoms with van der Waals surface area (Å²) in [5, 5.41) is 5.11. The monoisotopic (exact) mass is 589 g/mol. The van der Waals surface area contributed by atoms with Gasteiger partial charge in [-0.1, -0.05) is 170 Å². The fourth-order valence-corrected chi connectivity index (χ4v) is 6.79. The number of rotatable bonds is 4. The van der Waals surface area contributed by atoms with Crippen molar-refractivity contribution in [3.05, 3.63) is 182 Å². The third-order valence-corrected chi connectivity index (χ3v) is 8.87. The van der Waals surface area contributed by atoms with Gasteiger partial charge in [0.15, 0.2) is 0 Å². The molecule has 9 aromatic rings. The molecule has 214 valence electrons. The lowest BCUT2D eigenvalue weighted by atomic mass is 9.83.